The first-order valence-corrected chi connectivity index (χ1v) is 5.63. The van der Waals surface area contributed by atoms with Gasteiger partial charge in [0.15, 0.2) is 0 Å². The number of carbonyl (C=O) groups excluding carboxylic acids is 1. The lowest BCUT2D eigenvalue weighted by Gasteiger charge is -2.28. The number of rotatable bonds is 1. The van der Waals surface area contributed by atoms with E-state index in [0.717, 1.165) is 25.9 Å². The molecule has 0 N–H and O–H groups in total. The summed E-state index contributed by atoms with van der Waals surface area (Å²) in [7, 11) is 0. The molecule has 0 saturated carbocycles. The second-order valence-electron chi connectivity index (χ2n) is 4.65. The molecule has 1 amide bonds. The number of fused-ring (bicyclic) bond motifs is 1. The first-order valence-electron chi connectivity index (χ1n) is 5.63. The van der Waals surface area contributed by atoms with Crippen molar-refractivity contribution < 1.29 is 9.53 Å². The SMILES string of the molecule is CC(C)[C@H]1CO[C@@H]2CCCCC(=O)N12. The van der Waals surface area contributed by atoms with Gasteiger partial charge in [-0.15, -0.1) is 0 Å². The van der Waals surface area contributed by atoms with E-state index in [2.05, 4.69) is 13.8 Å². The molecular weight excluding hydrogens is 178 g/mol. The normalized spacial score (nSPS) is 33.4. The molecule has 0 spiro atoms. The second kappa shape index (κ2) is 3.89. The van der Waals surface area contributed by atoms with Crippen LogP contribution in [0.3, 0.4) is 0 Å². The molecule has 2 atom stereocenters. The quantitative estimate of drug-likeness (QED) is 0.641. The van der Waals surface area contributed by atoms with Crippen LogP contribution in [0.4, 0.5) is 0 Å². The average Bonchev–Trinajstić information content (AvgIpc) is 2.48. The molecule has 0 aromatic rings. The highest BCUT2D eigenvalue weighted by molar-refractivity contribution is 5.77. The van der Waals surface area contributed by atoms with E-state index in [1.54, 1.807) is 0 Å². The van der Waals surface area contributed by atoms with Gasteiger partial charge < -0.3 is 9.64 Å². The molecule has 3 heteroatoms. The summed E-state index contributed by atoms with van der Waals surface area (Å²) in [5, 5.41) is 0. The van der Waals surface area contributed by atoms with E-state index < -0.39 is 0 Å². The van der Waals surface area contributed by atoms with Gasteiger partial charge in [0.05, 0.1) is 12.6 Å². The standard InChI is InChI=1S/C11H19NO2/c1-8(2)9-7-14-11-6-4-3-5-10(13)12(9)11/h8-9,11H,3-7H2,1-2H3/t9-,11-/m1/s1. The summed E-state index contributed by atoms with van der Waals surface area (Å²) in [6, 6.07) is 0.311. The monoisotopic (exact) mass is 197 g/mol. The van der Waals surface area contributed by atoms with Crippen LogP contribution in [0.2, 0.25) is 0 Å². The van der Waals surface area contributed by atoms with Crippen molar-refractivity contribution >= 4 is 5.91 Å². The Kier molecular flexibility index (Phi) is 2.77. The third-order valence-corrected chi connectivity index (χ3v) is 3.28. The first kappa shape index (κ1) is 9.97. The Morgan fingerprint density at radius 1 is 1.43 bits per heavy atom. The van der Waals surface area contributed by atoms with Gasteiger partial charge in [0, 0.05) is 6.42 Å². The van der Waals surface area contributed by atoms with Crippen molar-refractivity contribution in [3.63, 3.8) is 0 Å². The van der Waals surface area contributed by atoms with Crippen molar-refractivity contribution in [1.82, 2.24) is 4.90 Å². The van der Waals surface area contributed by atoms with Gasteiger partial charge in [0.25, 0.3) is 0 Å². The lowest BCUT2D eigenvalue weighted by molar-refractivity contribution is -0.137. The van der Waals surface area contributed by atoms with E-state index in [1.807, 2.05) is 4.90 Å². The summed E-state index contributed by atoms with van der Waals surface area (Å²) >= 11 is 0. The molecule has 2 saturated heterocycles. The summed E-state index contributed by atoms with van der Waals surface area (Å²) in [6.45, 7) is 5.05. The highest BCUT2D eigenvalue weighted by Gasteiger charge is 2.39. The highest BCUT2D eigenvalue weighted by Crippen LogP contribution is 2.29. The Morgan fingerprint density at radius 2 is 2.21 bits per heavy atom. The Balaban J connectivity index is 2.14. The predicted molar refractivity (Wildman–Crippen MR) is 53.7 cm³/mol. The van der Waals surface area contributed by atoms with Crippen molar-refractivity contribution in [1.29, 1.82) is 0 Å². The largest absolute Gasteiger partial charge is 0.356 e. The first-order chi connectivity index (χ1) is 6.70. The van der Waals surface area contributed by atoms with Crippen molar-refractivity contribution in [2.45, 2.75) is 51.8 Å². The Labute approximate surface area is 85.4 Å². The minimum absolute atomic E-state index is 0.0809. The molecule has 2 heterocycles. The second-order valence-corrected chi connectivity index (χ2v) is 4.65. The maximum Gasteiger partial charge on any atom is 0.224 e. The van der Waals surface area contributed by atoms with Crippen molar-refractivity contribution in [2.75, 3.05) is 6.61 Å². The average molecular weight is 197 g/mol. The summed E-state index contributed by atoms with van der Waals surface area (Å²) in [5.74, 6) is 0.797. The number of nitrogens with zero attached hydrogens (tertiary/aromatic N) is 1. The van der Waals surface area contributed by atoms with Gasteiger partial charge in [0.2, 0.25) is 5.91 Å². The molecule has 0 aromatic heterocycles. The Hall–Kier alpha value is -0.570. The number of hydrogen-bond donors (Lipinski definition) is 0. The number of carbonyl (C=O) groups is 1. The van der Waals surface area contributed by atoms with Crippen LogP contribution in [-0.4, -0.2) is 29.7 Å². The molecule has 3 nitrogen and oxygen atoms in total. The van der Waals surface area contributed by atoms with E-state index in [9.17, 15) is 4.79 Å². The Morgan fingerprint density at radius 3 is 2.93 bits per heavy atom. The fourth-order valence-corrected chi connectivity index (χ4v) is 2.39. The lowest BCUT2D eigenvalue weighted by atomic mass is 10.0. The third kappa shape index (κ3) is 1.65. The number of ether oxygens (including phenoxy) is 1. The van der Waals surface area contributed by atoms with Crippen LogP contribution in [0.5, 0.6) is 0 Å². The summed E-state index contributed by atoms with van der Waals surface area (Å²) in [6.07, 6.45) is 3.97. The molecule has 2 aliphatic heterocycles. The van der Waals surface area contributed by atoms with Gasteiger partial charge in [-0.3, -0.25) is 4.79 Å². The van der Waals surface area contributed by atoms with E-state index in [-0.39, 0.29) is 6.23 Å². The molecule has 14 heavy (non-hydrogen) atoms. The number of amides is 1. The molecule has 2 aliphatic rings. The van der Waals surface area contributed by atoms with Gasteiger partial charge in [-0.05, 0) is 25.2 Å². The van der Waals surface area contributed by atoms with Crippen LogP contribution < -0.4 is 0 Å². The van der Waals surface area contributed by atoms with E-state index in [4.69, 9.17) is 4.74 Å². The summed E-state index contributed by atoms with van der Waals surface area (Å²) in [4.78, 5) is 13.9. The Bertz CT molecular complexity index is 227. The van der Waals surface area contributed by atoms with Gasteiger partial charge in [-0.2, -0.15) is 0 Å². The molecule has 0 radical (unpaired) electrons. The fourth-order valence-electron chi connectivity index (χ4n) is 2.39. The minimum Gasteiger partial charge on any atom is -0.356 e. The molecule has 2 rings (SSSR count). The van der Waals surface area contributed by atoms with Gasteiger partial charge >= 0.3 is 0 Å². The zero-order valence-corrected chi connectivity index (χ0v) is 9.03. The topological polar surface area (TPSA) is 29.5 Å². The van der Waals surface area contributed by atoms with Crippen molar-refractivity contribution in [3.05, 3.63) is 0 Å². The van der Waals surface area contributed by atoms with E-state index >= 15 is 0 Å². The fraction of sp³-hybridized carbons (Fsp3) is 0.909. The predicted octanol–water partition coefficient (Wildman–Crippen LogP) is 1.77. The van der Waals surface area contributed by atoms with Crippen molar-refractivity contribution in [3.8, 4) is 0 Å². The van der Waals surface area contributed by atoms with E-state index in [1.165, 1.54) is 0 Å². The van der Waals surface area contributed by atoms with Crippen molar-refractivity contribution in [2.24, 2.45) is 5.92 Å². The van der Waals surface area contributed by atoms with Crippen LogP contribution in [0.25, 0.3) is 0 Å². The lowest BCUT2D eigenvalue weighted by Crippen LogP contribution is -2.43. The molecule has 2 fully saturated rings. The van der Waals surface area contributed by atoms with Crippen LogP contribution in [0, 0.1) is 5.92 Å². The van der Waals surface area contributed by atoms with Crippen LogP contribution in [0.1, 0.15) is 39.5 Å². The highest BCUT2D eigenvalue weighted by atomic mass is 16.5. The zero-order valence-electron chi connectivity index (χ0n) is 9.03. The molecule has 0 unspecified atom stereocenters. The van der Waals surface area contributed by atoms with Crippen LogP contribution in [0.15, 0.2) is 0 Å². The van der Waals surface area contributed by atoms with Gasteiger partial charge in [-0.1, -0.05) is 13.8 Å². The smallest absolute Gasteiger partial charge is 0.224 e. The summed E-state index contributed by atoms with van der Waals surface area (Å²) < 4.78 is 5.69. The number of hydrogen-bond acceptors (Lipinski definition) is 2. The maximum absolute atomic E-state index is 11.9. The van der Waals surface area contributed by atoms with Gasteiger partial charge in [0.1, 0.15) is 6.23 Å². The molecule has 0 aliphatic carbocycles. The van der Waals surface area contributed by atoms with Crippen LogP contribution in [-0.2, 0) is 9.53 Å². The molecular formula is C11H19NO2. The molecule has 0 aromatic carbocycles. The van der Waals surface area contributed by atoms with E-state index in [0.29, 0.717) is 24.3 Å². The molecule has 80 valence electrons. The van der Waals surface area contributed by atoms with Gasteiger partial charge in [-0.25, -0.2) is 0 Å². The molecule has 0 bridgehead atoms. The minimum atomic E-state index is 0.0809. The zero-order chi connectivity index (χ0) is 10.1. The maximum atomic E-state index is 11.9. The third-order valence-electron chi connectivity index (χ3n) is 3.28. The summed E-state index contributed by atoms with van der Waals surface area (Å²) in [5.41, 5.74) is 0. The van der Waals surface area contributed by atoms with Crippen LogP contribution >= 0.6 is 0 Å².